The van der Waals surface area contributed by atoms with E-state index in [1.165, 1.54) is 12.1 Å². The van der Waals surface area contributed by atoms with Crippen molar-refractivity contribution in [3.8, 4) is 0 Å². The molecule has 0 aliphatic carbocycles. The van der Waals surface area contributed by atoms with Crippen molar-refractivity contribution >= 4 is 11.8 Å². The first-order valence-electron chi connectivity index (χ1n) is 9.98. The second-order valence-electron chi connectivity index (χ2n) is 7.63. The van der Waals surface area contributed by atoms with Crippen LogP contribution in [0.5, 0.6) is 0 Å². The molecule has 1 N–H and O–H groups in total. The quantitative estimate of drug-likeness (QED) is 0.809. The molecule has 9 heteroatoms. The lowest BCUT2D eigenvalue weighted by atomic mass is 10.0. The molecule has 8 nitrogen and oxygen atoms in total. The molecule has 1 aromatic carbocycles. The molecular weight excluding hydrogens is 375 g/mol. The van der Waals surface area contributed by atoms with Gasteiger partial charge in [-0.2, -0.15) is 0 Å². The molecule has 2 fully saturated rings. The van der Waals surface area contributed by atoms with Gasteiger partial charge in [0.2, 0.25) is 11.8 Å². The Kier molecular flexibility index (Phi) is 5.84. The smallest absolute Gasteiger partial charge is 0.237 e. The highest BCUT2D eigenvalue weighted by atomic mass is 19.1. The Bertz CT molecular complexity index is 833. The molecule has 3 heterocycles. The average molecular weight is 400 g/mol. The van der Waals surface area contributed by atoms with Crippen molar-refractivity contribution in [1.29, 1.82) is 0 Å². The van der Waals surface area contributed by atoms with Crippen molar-refractivity contribution in [3.05, 3.63) is 48.3 Å². The van der Waals surface area contributed by atoms with Gasteiger partial charge in [0.1, 0.15) is 18.5 Å². The topological polar surface area (TPSA) is 83.4 Å². The number of amides is 2. The van der Waals surface area contributed by atoms with Gasteiger partial charge in [-0.25, -0.2) is 4.39 Å². The Morgan fingerprint density at radius 3 is 2.48 bits per heavy atom. The molecule has 2 saturated heterocycles. The molecule has 0 saturated carbocycles. The molecule has 0 radical (unpaired) electrons. The van der Waals surface area contributed by atoms with Crippen LogP contribution in [0, 0.1) is 5.82 Å². The van der Waals surface area contributed by atoms with Gasteiger partial charge in [0.15, 0.2) is 0 Å². The van der Waals surface area contributed by atoms with Gasteiger partial charge in [-0.1, -0.05) is 12.1 Å². The van der Waals surface area contributed by atoms with E-state index in [0.717, 1.165) is 18.4 Å². The second kappa shape index (κ2) is 8.69. The van der Waals surface area contributed by atoms with E-state index in [4.69, 9.17) is 0 Å². The molecule has 29 heavy (non-hydrogen) atoms. The molecule has 0 spiro atoms. The van der Waals surface area contributed by atoms with Gasteiger partial charge in [0, 0.05) is 38.8 Å². The molecule has 2 aliphatic rings. The van der Waals surface area contributed by atoms with Gasteiger partial charge in [-0.15, -0.1) is 10.2 Å². The number of carbonyl (C=O) groups is 2. The van der Waals surface area contributed by atoms with Gasteiger partial charge in [-0.05, 0) is 30.5 Å². The maximum atomic E-state index is 13.2. The fraction of sp³-hybridized carbons (Fsp3) is 0.500. The van der Waals surface area contributed by atoms with Crippen molar-refractivity contribution in [2.24, 2.45) is 0 Å². The monoisotopic (exact) mass is 400 g/mol. The van der Waals surface area contributed by atoms with E-state index in [1.54, 1.807) is 24.8 Å². The van der Waals surface area contributed by atoms with Crippen LogP contribution in [0.3, 0.4) is 0 Å². The fourth-order valence-corrected chi connectivity index (χ4v) is 4.10. The zero-order valence-electron chi connectivity index (χ0n) is 16.2. The van der Waals surface area contributed by atoms with Crippen LogP contribution in [0.1, 0.15) is 30.9 Å². The number of hydrogen-bond acceptors (Lipinski definition) is 5. The summed E-state index contributed by atoms with van der Waals surface area (Å²) in [4.78, 5) is 29.2. The number of piperidine rings is 1. The van der Waals surface area contributed by atoms with Crippen LogP contribution in [-0.2, 0) is 16.1 Å². The Morgan fingerprint density at radius 2 is 1.79 bits per heavy atom. The van der Waals surface area contributed by atoms with Crippen LogP contribution in [0.15, 0.2) is 36.9 Å². The van der Waals surface area contributed by atoms with E-state index < -0.39 is 6.04 Å². The Hall–Kier alpha value is -2.81. The molecule has 2 aromatic rings. The minimum atomic E-state index is -0.503. The molecule has 2 amide bonds. The summed E-state index contributed by atoms with van der Waals surface area (Å²) in [5.74, 6) is -0.406. The predicted octanol–water partition coefficient (Wildman–Crippen LogP) is 0.971. The third-order valence-electron chi connectivity index (χ3n) is 5.78. The van der Waals surface area contributed by atoms with Gasteiger partial charge in [-0.3, -0.25) is 14.5 Å². The molecular formula is C20H25FN6O2. The second-order valence-corrected chi connectivity index (χ2v) is 7.63. The summed E-state index contributed by atoms with van der Waals surface area (Å²) in [6.45, 7) is 3.05. The van der Waals surface area contributed by atoms with E-state index in [2.05, 4.69) is 15.5 Å². The molecule has 1 atom stereocenters. The van der Waals surface area contributed by atoms with Gasteiger partial charge in [0.25, 0.3) is 0 Å². The molecule has 2 aliphatic heterocycles. The van der Waals surface area contributed by atoms with Crippen molar-refractivity contribution in [2.75, 3.05) is 26.2 Å². The van der Waals surface area contributed by atoms with E-state index in [0.29, 0.717) is 38.8 Å². The van der Waals surface area contributed by atoms with Crippen LogP contribution in [0.25, 0.3) is 0 Å². The number of carbonyl (C=O) groups excluding carboxylic acids is 2. The molecule has 0 bridgehead atoms. The van der Waals surface area contributed by atoms with E-state index in [1.807, 2.05) is 14.4 Å². The highest BCUT2D eigenvalue weighted by Gasteiger charge is 2.34. The van der Waals surface area contributed by atoms with Gasteiger partial charge >= 0.3 is 0 Å². The highest BCUT2D eigenvalue weighted by molar-refractivity contribution is 5.88. The van der Waals surface area contributed by atoms with Crippen LogP contribution in [0.2, 0.25) is 0 Å². The molecule has 4 rings (SSSR count). The summed E-state index contributed by atoms with van der Waals surface area (Å²) < 4.78 is 15.1. The number of rotatable bonds is 5. The standard InChI is InChI=1S/C20H25FN6O2/c21-16-3-1-15(2-4-16)12-26-10-7-22-20(29)18(26)11-19(28)25-8-5-17(6-9-25)27-13-23-24-14-27/h1-4,13-14,17-18H,5-12H2,(H,22,29)/t18-/m0/s1. The zero-order chi connectivity index (χ0) is 20.2. The van der Waals surface area contributed by atoms with Gasteiger partial charge < -0.3 is 14.8 Å². The third-order valence-corrected chi connectivity index (χ3v) is 5.78. The molecule has 0 unspecified atom stereocenters. The lowest BCUT2D eigenvalue weighted by Crippen LogP contribution is -2.56. The lowest BCUT2D eigenvalue weighted by molar-refractivity contribution is -0.139. The summed E-state index contributed by atoms with van der Waals surface area (Å²) in [6, 6.07) is 6.07. The number of benzene rings is 1. The SMILES string of the molecule is O=C1NCCN(Cc2ccc(F)cc2)[C@H]1CC(=O)N1CCC(n2cnnc2)CC1. The third kappa shape index (κ3) is 4.61. The summed E-state index contributed by atoms with van der Waals surface area (Å²) in [5.41, 5.74) is 0.924. The Morgan fingerprint density at radius 1 is 1.10 bits per heavy atom. The number of likely N-dealkylation sites (tertiary alicyclic amines) is 1. The van der Waals surface area contributed by atoms with Crippen molar-refractivity contribution < 1.29 is 14.0 Å². The maximum absolute atomic E-state index is 13.2. The van der Waals surface area contributed by atoms with Crippen LogP contribution >= 0.6 is 0 Å². The van der Waals surface area contributed by atoms with Crippen LogP contribution < -0.4 is 5.32 Å². The number of halogens is 1. The first-order valence-corrected chi connectivity index (χ1v) is 9.98. The first-order chi connectivity index (χ1) is 14.1. The largest absolute Gasteiger partial charge is 0.353 e. The summed E-state index contributed by atoms with van der Waals surface area (Å²) in [5, 5.41) is 10.6. The van der Waals surface area contributed by atoms with E-state index >= 15 is 0 Å². The highest BCUT2D eigenvalue weighted by Crippen LogP contribution is 2.23. The van der Waals surface area contributed by atoms with E-state index in [-0.39, 0.29) is 24.1 Å². The average Bonchev–Trinajstić information content (AvgIpc) is 3.27. The van der Waals surface area contributed by atoms with Gasteiger partial charge in [0.05, 0.1) is 12.5 Å². The maximum Gasteiger partial charge on any atom is 0.237 e. The van der Waals surface area contributed by atoms with Crippen molar-refractivity contribution in [1.82, 2.24) is 29.9 Å². The molecule has 1 aromatic heterocycles. The minimum absolute atomic E-state index is 0.00152. The normalized spacial score (nSPS) is 21.2. The minimum Gasteiger partial charge on any atom is -0.353 e. The Labute approximate surface area is 168 Å². The van der Waals surface area contributed by atoms with Crippen molar-refractivity contribution in [3.63, 3.8) is 0 Å². The van der Waals surface area contributed by atoms with Crippen LogP contribution in [-0.4, -0.2) is 68.6 Å². The predicted molar refractivity (Wildman–Crippen MR) is 103 cm³/mol. The molecule has 154 valence electrons. The van der Waals surface area contributed by atoms with E-state index in [9.17, 15) is 14.0 Å². The Balaban J connectivity index is 1.36. The lowest BCUT2D eigenvalue weighted by Gasteiger charge is -2.37. The summed E-state index contributed by atoms with van der Waals surface area (Å²) in [6.07, 6.45) is 5.27. The number of hydrogen-bond donors (Lipinski definition) is 1. The zero-order valence-corrected chi connectivity index (χ0v) is 16.2. The van der Waals surface area contributed by atoms with Crippen LogP contribution in [0.4, 0.5) is 4.39 Å². The summed E-state index contributed by atoms with van der Waals surface area (Å²) >= 11 is 0. The fourth-order valence-electron chi connectivity index (χ4n) is 4.10. The first kappa shape index (κ1) is 19.5. The number of piperazine rings is 1. The number of aromatic nitrogens is 3. The number of nitrogens with one attached hydrogen (secondary N) is 1. The summed E-state index contributed by atoms with van der Waals surface area (Å²) in [7, 11) is 0. The van der Waals surface area contributed by atoms with Crippen molar-refractivity contribution in [2.45, 2.75) is 37.9 Å². The number of nitrogens with zero attached hydrogens (tertiary/aromatic N) is 5.